The van der Waals surface area contributed by atoms with E-state index in [-0.39, 0.29) is 24.2 Å². The van der Waals surface area contributed by atoms with Crippen LogP contribution in [0.3, 0.4) is 0 Å². The molecule has 0 aromatic carbocycles. The van der Waals surface area contributed by atoms with E-state index in [0.29, 0.717) is 6.54 Å². The largest absolute Gasteiger partial charge is 0.481 e. The van der Waals surface area contributed by atoms with Gasteiger partial charge in [-0.05, 0) is 11.8 Å². The molecule has 0 aliphatic rings. The third-order valence-corrected chi connectivity index (χ3v) is 2.79. The number of nitrogens with one attached hydrogen (secondary N) is 1. The van der Waals surface area contributed by atoms with Crippen LogP contribution in [0.5, 0.6) is 0 Å². The van der Waals surface area contributed by atoms with E-state index in [9.17, 15) is 9.59 Å². The zero-order chi connectivity index (χ0) is 13.3. The van der Waals surface area contributed by atoms with Crippen LogP contribution >= 0.6 is 0 Å². The molecule has 0 bridgehead atoms. The monoisotopic (exact) mass is 243 g/mol. The maximum absolute atomic E-state index is 11.3. The maximum atomic E-state index is 11.3. The summed E-state index contributed by atoms with van der Waals surface area (Å²) >= 11 is 0. The van der Waals surface area contributed by atoms with E-state index in [0.717, 1.165) is 6.42 Å². The summed E-state index contributed by atoms with van der Waals surface area (Å²) in [5, 5.41) is 11.3. The van der Waals surface area contributed by atoms with Gasteiger partial charge in [-0.2, -0.15) is 0 Å². The van der Waals surface area contributed by atoms with Crippen LogP contribution in [0.25, 0.3) is 0 Å². The minimum Gasteiger partial charge on any atom is -0.481 e. The number of carbonyl (C=O) groups excluding carboxylic acids is 1. The lowest BCUT2D eigenvalue weighted by Gasteiger charge is -2.24. The summed E-state index contributed by atoms with van der Waals surface area (Å²) in [6.07, 6.45) is 4.65. The van der Waals surface area contributed by atoms with Crippen LogP contribution < -0.4 is 5.32 Å². The van der Waals surface area contributed by atoms with E-state index >= 15 is 0 Å². The highest BCUT2D eigenvalue weighted by Gasteiger charge is 2.18. The Hall–Kier alpha value is -1.06. The number of aliphatic carboxylic acids is 1. The quantitative estimate of drug-likeness (QED) is 0.612. The molecule has 0 saturated carbocycles. The van der Waals surface area contributed by atoms with Gasteiger partial charge >= 0.3 is 5.97 Å². The highest BCUT2D eigenvalue weighted by Crippen LogP contribution is 2.22. The molecule has 2 N–H and O–H groups in total. The lowest BCUT2D eigenvalue weighted by atomic mass is 9.87. The van der Waals surface area contributed by atoms with Gasteiger partial charge in [-0.15, -0.1) is 0 Å². The SMILES string of the molecule is CCCCCC(C)(C)CNC(=O)CCC(=O)O. The number of rotatable bonds is 9. The van der Waals surface area contributed by atoms with Gasteiger partial charge in [0.2, 0.25) is 5.91 Å². The molecular weight excluding hydrogens is 218 g/mol. The number of hydrogen-bond donors (Lipinski definition) is 2. The molecule has 100 valence electrons. The Balaban J connectivity index is 3.76. The third kappa shape index (κ3) is 9.85. The fourth-order valence-electron chi connectivity index (χ4n) is 1.59. The van der Waals surface area contributed by atoms with E-state index in [1.165, 1.54) is 19.3 Å². The first kappa shape index (κ1) is 15.9. The first-order valence-electron chi connectivity index (χ1n) is 6.36. The van der Waals surface area contributed by atoms with Gasteiger partial charge in [0.25, 0.3) is 0 Å². The van der Waals surface area contributed by atoms with Crippen molar-refractivity contribution in [3.63, 3.8) is 0 Å². The Labute approximate surface area is 104 Å². The molecule has 1 amide bonds. The van der Waals surface area contributed by atoms with Crippen LogP contribution in [0, 0.1) is 5.41 Å². The number of hydrogen-bond acceptors (Lipinski definition) is 2. The van der Waals surface area contributed by atoms with Crippen molar-refractivity contribution >= 4 is 11.9 Å². The van der Waals surface area contributed by atoms with E-state index < -0.39 is 5.97 Å². The summed E-state index contributed by atoms with van der Waals surface area (Å²) in [4.78, 5) is 21.6. The minimum atomic E-state index is -0.928. The van der Waals surface area contributed by atoms with Gasteiger partial charge in [0, 0.05) is 13.0 Å². The zero-order valence-electron chi connectivity index (χ0n) is 11.2. The Bertz CT molecular complexity index is 249. The van der Waals surface area contributed by atoms with Crippen molar-refractivity contribution in [1.82, 2.24) is 5.32 Å². The van der Waals surface area contributed by atoms with Gasteiger partial charge in [0.15, 0.2) is 0 Å². The van der Waals surface area contributed by atoms with Crippen molar-refractivity contribution in [2.45, 2.75) is 59.3 Å². The van der Waals surface area contributed by atoms with Gasteiger partial charge in [-0.25, -0.2) is 0 Å². The average Bonchev–Trinajstić information content (AvgIpc) is 2.24. The number of unbranched alkanes of at least 4 members (excludes halogenated alkanes) is 2. The van der Waals surface area contributed by atoms with E-state index in [1.54, 1.807) is 0 Å². The van der Waals surface area contributed by atoms with Crippen LogP contribution in [-0.2, 0) is 9.59 Å². The zero-order valence-corrected chi connectivity index (χ0v) is 11.2. The van der Waals surface area contributed by atoms with Gasteiger partial charge in [-0.3, -0.25) is 9.59 Å². The second-order valence-corrected chi connectivity index (χ2v) is 5.29. The molecule has 0 saturated heterocycles. The molecule has 0 spiro atoms. The van der Waals surface area contributed by atoms with Crippen LogP contribution in [0.1, 0.15) is 59.3 Å². The summed E-state index contributed by atoms with van der Waals surface area (Å²) in [7, 11) is 0. The second kappa shape index (κ2) is 8.09. The van der Waals surface area contributed by atoms with Gasteiger partial charge in [0.1, 0.15) is 0 Å². The molecule has 0 fully saturated rings. The lowest BCUT2D eigenvalue weighted by Crippen LogP contribution is -2.34. The molecule has 0 aromatic heterocycles. The van der Waals surface area contributed by atoms with Crippen LogP contribution in [0.15, 0.2) is 0 Å². The van der Waals surface area contributed by atoms with Crippen molar-refractivity contribution in [3.8, 4) is 0 Å². The topological polar surface area (TPSA) is 66.4 Å². The van der Waals surface area contributed by atoms with Crippen LogP contribution in [0.4, 0.5) is 0 Å². The second-order valence-electron chi connectivity index (χ2n) is 5.29. The molecule has 0 atom stereocenters. The molecule has 0 aliphatic heterocycles. The predicted molar refractivity (Wildman–Crippen MR) is 67.8 cm³/mol. The molecule has 0 aromatic rings. The van der Waals surface area contributed by atoms with E-state index in [2.05, 4.69) is 26.1 Å². The summed E-state index contributed by atoms with van der Waals surface area (Å²) < 4.78 is 0. The highest BCUT2D eigenvalue weighted by atomic mass is 16.4. The van der Waals surface area contributed by atoms with Crippen molar-refractivity contribution < 1.29 is 14.7 Å². The average molecular weight is 243 g/mol. The number of carboxylic acid groups (broad SMARTS) is 1. The highest BCUT2D eigenvalue weighted by molar-refractivity contribution is 5.80. The van der Waals surface area contributed by atoms with Gasteiger partial charge < -0.3 is 10.4 Å². The molecule has 4 nitrogen and oxygen atoms in total. The van der Waals surface area contributed by atoms with E-state index in [4.69, 9.17) is 5.11 Å². The summed E-state index contributed by atoms with van der Waals surface area (Å²) in [6.45, 7) is 7.04. The third-order valence-electron chi connectivity index (χ3n) is 2.79. The van der Waals surface area contributed by atoms with Crippen molar-refractivity contribution in [2.24, 2.45) is 5.41 Å². The summed E-state index contributed by atoms with van der Waals surface area (Å²) in [5.41, 5.74) is 0.0913. The van der Waals surface area contributed by atoms with E-state index in [1.807, 2.05) is 0 Å². The number of carbonyl (C=O) groups is 2. The fraction of sp³-hybridized carbons (Fsp3) is 0.846. The molecule has 0 rings (SSSR count). The number of carboxylic acids is 1. The molecule has 0 unspecified atom stereocenters. The summed E-state index contributed by atoms with van der Waals surface area (Å²) in [6, 6.07) is 0. The first-order valence-corrected chi connectivity index (χ1v) is 6.36. The smallest absolute Gasteiger partial charge is 0.303 e. The minimum absolute atomic E-state index is 0.0698. The van der Waals surface area contributed by atoms with Crippen LogP contribution in [-0.4, -0.2) is 23.5 Å². The fourth-order valence-corrected chi connectivity index (χ4v) is 1.59. The van der Waals surface area contributed by atoms with Crippen molar-refractivity contribution in [1.29, 1.82) is 0 Å². The standard InChI is InChI=1S/C13H25NO3/c1-4-5-6-9-13(2,3)10-14-11(15)7-8-12(16)17/h4-10H2,1-3H3,(H,14,15)(H,16,17). The number of amides is 1. The first-order chi connectivity index (χ1) is 7.87. The molecule has 0 heterocycles. The maximum Gasteiger partial charge on any atom is 0.303 e. The molecule has 17 heavy (non-hydrogen) atoms. The van der Waals surface area contributed by atoms with Crippen molar-refractivity contribution in [3.05, 3.63) is 0 Å². The van der Waals surface area contributed by atoms with Gasteiger partial charge in [0.05, 0.1) is 6.42 Å². The lowest BCUT2D eigenvalue weighted by molar-refractivity contribution is -0.138. The normalized spacial score (nSPS) is 11.2. The Morgan fingerprint density at radius 3 is 2.35 bits per heavy atom. The molecule has 4 heteroatoms. The van der Waals surface area contributed by atoms with Crippen molar-refractivity contribution in [2.75, 3.05) is 6.54 Å². The summed E-state index contributed by atoms with van der Waals surface area (Å²) in [5.74, 6) is -1.10. The Morgan fingerprint density at radius 1 is 1.18 bits per heavy atom. The molecule has 0 aliphatic carbocycles. The van der Waals surface area contributed by atoms with Gasteiger partial charge in [-0.1, -0.05) is 40.0 Å². The Kier molecular flexibility index (Phi) is 7.59. The predicted octanol–water partition coefficient (Wildman–Crippen LogP) is 2.57. The van der Waals surface area contributed by atoms with Crippen LogP contribution in [0.2, 0.25) is 0 Å². The molecular formula is C13H25NO3. The Morgan fingerprint density at radius 2 is 1.82 bits per heavy atom. The molecule has 0 radical (unpaired) electrons.